The van der Waals surface area contributed by atoms with Gasteiger partial charge in [-0.05, 0) is 31.0 Å². The Morgan fingerprint density at radius 1 is 1.47 bits per heavy atom. The number of hydrogen-bond donors (Lipinski definition) is 1. The van der Waals surface area contributed by atoms with Crippen LogP contribution in [0.1, 0.15) is 12.0 Å². The summed E-state index contributed by atoms with van der Waals surface area (Å²) in [5.74, 6) is 1.27. The molecule has 4 heteroatoms. The smallest absolute Gasteiger partial charge is 0.141 e. The molecule has 1 aliphatic rings. The molecule has 0 saturated carbocycles. The second kappa shape index (κ2) is 6.24. The summed E-state index contributed by atoms with van der Waals surface area (Å²) in [5.41, 5.74) is 6.66. The molecule has 0 aromatic heterocycles. The second-order valence-electron chi connectivity index (χ2n) is 4.31. The molecule has 3 nitrogen and oxygen atoms in total. The van der Waals surface area contributed by atoms with Crippen molar-refractivity contribution in [2.24, 2.45) is 11.7 Å². The van der Waals surface area contributed by atoms with Gasteiger partial charge in [-0.15, -0.1) is 0 Å². The van der Waals surface area contributed by atoms with Crippen molar-refractivity contribution in [1.82, 2.24) is 0 Å². The summed E-state index contributed by atoms with van der Waals surface area (Å²) in [4.78, 5) is 0. The van der Waals surface area contributed by atoms with Crippen LogP contribution in [-0.4, -0.2) is 26.4 Å². The first-order valence-corrected chi connectivity index (χ1v) is 6.37. The Kier molecular flexibility index (Phi) is 4.66. The van der Waals surface area contributed by atoms with Crippen molar-refractivity contribution >= 4 is 11.6 Å². The molecule has 0 radical (unpaired) electrons. The van der Waals surface area contributed by atoms with Gasteiger partial charge in [0.1, 0.15) is 5.75 Å². The van der Waals surface area contributed by atoms with Crippen molar-refractivity contribution in [3.8, 4) is 5.75 Å². The van der Waals surface area contributed by atoms with Crippen LogP contribution in [-0.2, 0) is 11.2 Å². The first kappa shape index (κ1) is 12.7. The first-order valence-electron chi connectivity index (χ1n) is 5.99. The molecule has 94 valence electrons. The van der Waals surface area contributed by atoms with Crippen LogP contribution in [0.4, 0.5) is 0 Å². The average Bonchev–Trinajstić information content (AvgIpc) is 2.82. The summed E-state index contributed by atoms with van der Waals surface area (Å²) < 4.78 is 11.2. The summed E-state index contributed by atoms with van der Waals surface area (Å²) in [7, 11) is 0. The van der Waals surface area contributed by atoms with Crippen molar-refractivity contribution in [2.75, 3.05) is 26.4 Å². The van der Waals surface area contributed by atoms with E-state index in [9.17, 15) is 0 Å². The van der Waals surface area contributed by atoms with Crippen LogP contribution in [0.15, 0.2) is 18.2 Å². The highest BCUT2D eigenvalue weighted by atomic mass is 35.5. The van der Waals surface area contributed by atoms with Crippen molar-refractivity contribution in [1.29, 1.82) is 0 Å². The average molecular weight is 256 g/mol. The van der Waals surface area contributed by atoms with Gasteiger partial charge >= 0.3 is 0 Å². The van der Waals surface area contributed by atoms with E-state index in [2.05, 4.69) is 0 Å². The summed E-state index contributed by atoms with van der Waals surface area (Å²) >= 11 is 6.15. The summed E-state index contributed by atoms with van der Waals surface area (Å²) in [6.45, 7) is 2.90. The number of rotatable bonds is 5. The Balaban J connectivity index is 2.02. The highest BCUT2D eigenvalue weighted by Crippen LogP contribution is 2.29. The summed E-state index contributed by atoms with van der Waals surface area (Å²) in [6, 6.07) is 5.79. The molecule has 1 unspecified atom stereocenters. The number of benzene rings is 1. The van der Waals surface area contributed by atoms with E-state index >= 15 is 0 Å². The Morgan fingerprint density at radius 3 is 3.06 bits per heavy atom. The zero-order valence-electron chi connectivity index (χ0n) is 9.82. The van der Waals surface area contributed by atoms with Crippen LogP contribution in [0.3, 0.4) is 0 Å². The van der Waals surface area contributed by atoms with Crippen molar-refractivity contribution < 1.29 is 9.47 Å². The van der Waals surface area contributed by atoms with Crippen LogP contribution in [0.2, 0.25) is 5.02 Å². The van der Waals surface area contributed by atoms with Gasteiger partial charge in [-0.1, -0.05) is 23.7 Å². The van der Waals surface area contributed by atoms with E-state index < -0.39 is 0 Å². The van der Waals surface area contributed by atoms with Crippen molar-refractivity contribution in [3.63, 3.8) is 0 Å². The third kappa shape index (κ3) is 3.35. The molecule has 17 heavy (non-hydrogen) atoms. The van der Waals surface area contributed by atoms with Crippen LogP contribution >= 0.6 is 11.6 Å². The molecule has 0 bridgehead atoms. The molecule has 1 aromatic rings. The van der Waals surface area contributed by atoms with Crippen LogP contribution in [0.25, 0.3) is 0 Å². The minimum absolute atomic E-state index is 0.483. The van der Waals surface area contributed by atoms with E-state index in [1.54, 1.807) is 0 Å². The Bertz CT molecular complexity index is 364. The van der Waals surface area contributed by atoms with Gasteiger partial charge in [0.05, 0.1) is 18.2 Å². The minimum atomic E-state index is 0.483. The maximum atomic E-state index is 6.15. The van der Waals surface area contributed by atoms with Gasteiger partial charge in [0.15, 0.2) is 0 Å². The third-order valence-electron chi connectivity index (χ3n) is 2.95. The number of ether oxygens (including phenoxy) is 2. The van der Waals surface area contributed by atoms with Gasteiger partial charge in [0, 0.05) is 12.5 Å². The van der Waals surface area contributed by atoms with E-state index in [1.807, 2.05) is 18.2 Å². The Morgan fingerprint density at radius 2 is 2.35 bits per heavy atom. The molecule has 1 aliphatic heterocycles. The topological polar surface area (TPSA) is 44.5 Å². The predicted molar refractivity (Wildman–Crippen MR) is 68.6 cm³/mol. The predicted octanol–water partition coefficient (Wildman–Crippen LogP) is 2.26. The molecular weight excluding hydrogens is 238 g/mol. The molecule has 1 aromatic carbocycles. The van der Waals surface area contributed by atoms with E-state index in [4.69, 9.17) is 26.8 Å². The molecular formula is C13H18ClNO2. The van der Waals surface area contributed by atoms with Crippen LogP contribution < -0.4 is 10.5 Å². The van der Waals surface area contributed by atoms with E-state index in [-0.39, 0.29) is 0 Å². The van der Waals surface area contributed by atoms with Crippen LogP contribution in [0.5, 0.6) is 5.75 Å². The molecule has 1 fully saturated rings. The Hall–Kier alpha value is -0.770. The zero-order chi connectivity index (χ0) is 12.1. The number of nitrogens with two attached hydrogens (primary N) is 1. The lowest BCUT2D eigenvalue weighted by atomic mass is 10.1. The summed E-state index contributed by atoms with van der Waals surface area (Å²) in [6.07, 6.45) is 1.85. The standard InChI is InChI=1S/C13H18ClNO2/c14-12-3-1-2-11(4-6-15)13(12)17-9-10-5-7-16-8-10/h1-3,10H,4-9,15H2. The molecule has 1 saturated heterocycles. The number of halogens is 1. The lowest BCUT2D eigenvalue weighted by Crippen LogP contribution is -2.13. The lowest BCUT2D eigenvalue weighted by molar-refractivity contribution is 0.167. The molecule has 0 aliphatic carbocycles. The highest BCUT2D eigenvalue weighted by Gasteiger charge is 2.17. The van der Waals surface area contributed by atoms with Gasteiger partial charge in [-0.2, -0.15) is 0 Å². The fourth-order valence-electron chi connectivity index (χ4n) is 1.98. The first-order chi connectivity index (χ1) is 8.31. The normalized spacial score (nSPS) is 19.5. The molecule has 1 heterocycles. The van der Waals surface area contributed by atoms with Gasteiger partial charge in [0.2, 0.25) is 0 Å². The maximum Gasteiger partial charge on any atom is 0.141 e. The SMILES string of the molecule is NCCc1cccc(Cl)c1OCC1CCOC1. The molecule has 2 N–H and O–H groups in total. The van der Waals surface area contributed by atoms with Gasteiger partial charge in [-0.3, -0.25) is 0 Å². The fourth-order valence-corrected chi connectivity index (χ4v) is 2.23. The third-order valence-corrected chi connectivity index (χ3v) is 3.25. The fraction of sp³-hybridized carbons (Fsp3) is 0.538. The van der Waals surface area contributed by atoms with Gasteiger partial charge in [0.25, 0.3) is 0 Å². The minimum Gasteiger partial charge on any atom is -0.491 e. The Labute approximate surface area is 107 Å². The molecule has 2 rings (SSSR count). The zero-order valence-corrected chi connectivity index (χ0v) is 10.6. The van der Waals surface area contributed by atoms with Gasteiger partial charge < -0.3 is 15.2 Å². The van der Waals surface area contributed by atoms with E-state index in [0.717, 1.165) is 37.4 Å². The molecule has 0 amide bonds. The lowest BCUT2D eigenvalue weighted by Gasteiger charge is -2.15. The molecule has 1 atom stereocenters. The maximum absolute atomic E-state index is 6.15. The number of hydrogen-bond acceptors (Lipinski definition) is 3. The second-order valence-corrected chi connectivity index (χ2v) is 4.71. The highest BCUT2D eigenvalue weighted by molar-refractivity contribution is 6.32. The van der Waals surface area contributed by atoms with Crippen molar-refractivity contribution in [3.05, 3.63) is 28.8 Å². The van der Waals surface area contributed by atoms with E-state index in [1.165, 1.54) is 0 Å². The van der Waals surface area contributed by atoms with Crippen LogP contribution in [0, 0.1) is 5.92 Å². The molecule has 0 spiro atoms. The summed E-state index contributed by atoms with van der Waals surface area (Å²) in [5, 5.41) is 0.662. The number of para-hydroxylation sites is 1. The van der Waals surface area contributed by atoms with Crippen molar-refractivity contribution in [2.45, 2.75) is 12.8 Å². The quantitative estimate of drug-likeness (QED) is 0.878. The van der Waals surface area contributed by atoms with Gasteiger partial charge in [-0.25, -0.2) is 0 Å². The largest absolute Gasteiger partial charge is 0.491 e. The monoisotopic (exact) mass is 255 g/mol. The van der Waals surface area contributed by atoms with E-state index in [0.29, 0.717) is 24.1 Å².